The second-order valence-corrected chi connectivity index (χ2v) is 4.86. The molecule has 17 heavy (non-hydrogen) atoms. The third-order valence-electron chi connectivity index (χ3n) is 3.57. The number of methoxy groups -OCH3 is 1. The molecule has 1 N–H and O–H groups in total. The fraction of sp³-hybridized carbons (Fsp3) is 0.571. The lowest BCUT2D eigenvalue weighted by atomic mass is 10.1. The maximum atomic E-state index is 5.58. The Kier molecular flexibility index (Phi) is 3.57. The van der Waals surface area contributed by atoms with Crippen molar-refractivity contribution in [3.63, 3.8) is 0 Å². The second-order valence-electron chi connectivity index (χ2n) is 4.86. The summed E-state index contributed by atoms with van der Waals surface area (Å²) in [7, 11) is 1.76. The summed E-state index contributed by atoms with van der Waals surface area (Å²) in [6.45, 7) is 9.60. The molecule has 0 spiro atoms. The van der Waals surface area contributed by atoms with Crippen LogP contribution in [0.4, 0.5) is 5.69 Å². The van der Waals surface area contributed by atoms with Crippen LogP contribution in [0.5, 0.6) is 5.75 Å². The summed E-state index contributed by atoms with van der Waals surface area (Å²) in [5.74, 6) is 1.03. The Morgan fingerprint density at radius 2 is 2.12 bits per heavy atom. The smallest absolute Gasteiger partial charge is 0.145 e. The van der Waals surface area contributed by atoms with Gasteiger partial charge in [0.15, 0.2) is 0 Å². The minimum Gasteiger partial charge on any atom is -0.494 e. The van der Waals surface area contributed by atoms with Gasteiger partial charge in [-0.25, -0.2) is 0 Å². The summed E-state index contributed by atoms with van der Waals surface area (Å²) >= 11 is 0. The number of nitrogens with zero attached hydrogens (tertiary/aromatic N) is 1. The standard InChI is InChI=1S/C14H22N2O/c1-10-5-6-13(14(17-4)12(10)3)16-8-7-15-11(2)9-16/h5-6,11,15H,7-9H2,1-4H3. The molecule has 0 aromatic heterocycles. The van der Waals surface area contributed by atoms with Crippen molar-refractivity contribution in [3.8, 4) is 5.75 Å². The van der Waals surface area contributed by atoms with Crippen LogP contribution in [0.2, 0.25) is 0 Å². The van der Waals surface area contributed by atoms with Gasteiger partial charge in [0, 0.05) is 25.7 Å². The van der Waals surface area contributed by atoms with Crippen molar-refractivity contribution >= 4 is 5.69 Å². The number of benzene rings is 1. The van der Waals surface area contributed by atoms with Gasteiger partial charge < -0.3 is 15.0 Å². The van der Waals surface area contributed by atoms with Crippen LogP contribution in [0, 0.1) is 13.8 Å². The zero-order valence-corrected chi connectivity index (χ0v) is 11.2. The Bertz CT molecular complexity index is 403. The average molecular weight is 234 g/mol. The Morgan fingerprint density at radius 3 is 2.76 bits per heavy atom. The van der Waals surface area contributed by atoms with Crippen molar-refractivity contribution < 1.29 is 4.74 Å². The molecule has 0 amide bonds. The zero-order valence-electron chi connectivity index (χ0n) is 11.2. The molecule has 3 heteroatoms. The number of nitrogens with one attached hydrogen (secondary N) is 1. The fourth-order valence-electron chi connectivity index (χ4n) is 2.43. The number of hydrogen-bond donors (Lipinski definition) is 1. The van der Waals surface area contributed by atoms with Crippen LogP contribution in [-0.2, 0) is 0 Å². The van der Waals surface area contributed by atoms with Crippen LogP contribution in [0.3, 0.4) is 0 Å². The fourth-order valence-corrected chi connectivity index (χ4v) is 2.43. The van der Waals surface area contributed by atoms with Gasteiger partial charge in [-0.05, 0) is 38.0 Å². The van der Waals surface area contributed by atoms with Gasteiger partial charge in [-0.15, -0.1) is 0 Å². The maximum Gasteiger partial charge on any atom is 0.145 e. The van der Waals surface area contributed by atoms with Crippen LogP contribution in [-0.4, -0.2) is 32.8 Å². The van der Waals surface area contributed by atoms with E-state index >= 15 is 0 Å². The Morgan fingerprint density at radius 1 is 1.35 bits per heavy atom. The maximum absolute atomic E-state index is 5.58. The van der Waals surface area contributed by atoms with E-state index in [1.807, 2.05) is 0 Å². The highest BCUT2D eigenvalue weighted by Crippen LogP contribution is 2.33. The highest BCUT2D eigenvalue weighted by atomic mass is 16.5. The molecule has 0 saturated carbocycles. The van der Waals surface area contributed by atoms with Crippen LogP contribution in [0.25, 0.3) is 0 Å². The van der Waals surface area contributed by atoms with E-state index in [1.54, 1.807) is 7.11 Å². The van der Waals surface area contributed by atoms with E-state index in [0.29, 0.717) is 6.04 Å². The Labute approximate surface area is 104 Å². The lowest BCUT2D eigenvalue weighted by molar-refractivity contribution is 0.406. The van der Waals surface area contributed by atoms with Crippen molar-refractivity contribution in [2.24, 2.45) is 0 Å². The molecule has 3 nitrogen and oxygen atoms in total. The van der Waals surface area contributed by atoms with Crippen LogP contribution in [0.1, 0.15) is 18.1 Å². The summed E-state index contributed by atoms with van der Waals surface area (Å²) in [6.07, 6.45) is 0. The third-order valence-corrected chi connectivity index (χ3v) is 3.57. The van der Waals surface area contributed by atoms with Crippen molar-refractivity contribution in [1.82, 2.24) is 5.32 Å². The molecule has 1 heterocycles. The van der Waals surface area contributed by atoms with Crippen molar-refractivity contribution in [2.45, 2.75) is 26.8 Å². The first kappa shape index (κ1) is 12.2. The summed E-state index contributed by atoms with van der Waals surface area (Å²) in [4.78, 5) is 2.41. The van der Waals surface area contributed by atoms with E-state index in [0.717, 1.165) is 25.4 Å². The molecular weight excluding hydrogens is 212 g/mol. The van der Waals surface area contributed by atoms with Gasteiger partial charge in [-0.2, -0.15) is 0 Å². The summed E-state index contributed by atoms with van der Waals surface area (Å²) in [5, 5.41) is 3.46. The predicted molar refractivity (Wildman–Crippen MR) is 72.1 cm³/mol. The van der Waals surface area contributed by atoms with E-state index in [9.17, 15) is 0 Å². The van der Waals surface area contributed by atoms with E-state index < -0.39 is 0 Å². The SMILES string of the molecule is COc1c(N2CCNC(C)C2)ccc(C)c1C. The summed E-state index contributed by atoms with van der Waals surface area (Å²) in [6, 6.07) is 4.90. The molecule has 1 aromatic rings. The number of piperazine rings is 1. The van der Waals surface area contributed by atoms with Crippen LogP contribution < -0.4 is 15.0 Å². The normalized spacial score (nSPS) is 20.5. The summed E-state index contributed by atoms with van der Waals surface area (Å²) in [5.41, 5.74) is 3.76. The molecule has 94 valence electrons. The summed E-state index contributed by atoms with van der Waals surface area (Å²) < 4.78 is 5.58. The van der Waals surface area contributed by atoms with Gasteiger partial charge in [0.05, 0.1) is 12.8 Å². The second kappa shape index (κ2) is 4.96. The molecule has 1 saturated heterocycles. The molecule has 1 aromatic carbocycles. The highest BCUT2D eigenvalue weighted by Gasteiger charge is 2.20. The highest BCUT2D eigenvalue weighted by molar-refractivity contribution is 5.64. The van der Waals surface area contributed by atoms with Gasteiger partial charge in [0.2, 0.25) is 0 Å². The van der Waals surface area contributed by atoms with Crippen LogP contribution in [0.15, 0.2) is 12.1 Å². The van der Waals surface area contributed by atoms with Gasteiger partial charge in [0.25, 0.3) is 0 Å². The molecule has 1 atom stereocenters. The number of aryl methyl sites for hydroxylation is 1. The van der Waals surface area contributed by atoms with E-state index in [4.69, 9.17) is 4.74 Å². The predicted octanol–water partition coefficient (Wildman–Crippen LogP) is 2.11. The number of anilines is 1. The zero-order chi connectivity index (χ0) is 12.4. The minimum absolute atomic E-state index is 0.537. The molecule has 0 radical (unpaired) electrons. The van der Waals surface area contributed by atoms with Gasteiger partial charge >= 0.3 is 0 Å². The molecule has 1 aliphatic rings. The van der Waals surface area contributed by atoms with Gasteiger partial charge in [-0.3, -0.25) is 0 Å². The lowest BCUT2D eigenvalue weighted by Crippen LogP contribution is -2.49. The van der Waals surface area contributed by atoms with E-state index in [1.165, 1.54) is 16.8 Å². The van der Waals surface area contributed by atoms with Crippen LogP contribution >= 0.6 is 0 Å². The molecular formula is C14H22N2O. The van der Waals surface area contributed by atoms with Crippen molar-refractivity contribution in [1.29, 1.82) is 0 Å². The number of rotatable bonds is 2. The van der Waals surface area contributed by atoms with E-state index in [2.05, 4.69) is 43.1 Å². The molecule has 1 aliphatic heterocycles. The Balaban J connectivity index is 2.34. The molecule has 0 bridgehead atoms. The molecule has 0 aliphatic carbocycles. The Hall–Kier alpha value is -1.22. The first-order valence-electron chi connectivity index (χ1n) is 6.26. The van der Waals surface area contributed by atoms with Crippen molar-refractivity contribution in [2.75, 3.05) is 31.6 Å². The topological polar surface area (TPSA) is 24.5 Å². The molecule has 1 fully saturated rings. The number of hydrogen-bond acceptors (Lipinski definition) is 3. The monoisotopic (exact) mass is 234 g/mol. The first-order valence-corrected chi connectivity index (χ1v) is 6.26. The minimum atomic E-state index is 0.537. The first-order chi connectivity index (χ1) is 8.13. The lowest BCUT2D eigenvalue weighted by Gasteiger charge is -2.35. The van der Waals surface area contributed by atoms with Crippen molar-refractivity contribution in [3.05, 3.63) is 23.3 Å². The van der Waals surface area contributed by atoms with Gasteiger partial charge in [0.1, 0.15) is 5.75 Å². The third kappa shape index (κ3) is 2.39. The average Bonchev–Trinajstić information content (AvgIpc) is 2.32. The quantitative estimate of drug-likeness (QED) is 0.848. The molecule has 2 rings (SSSR count). The van der Waals surface area contributed by atoms with E-state index in [-0.39, 0.29) is 0 Å². The largest absolute Gasteiger partial charge is 0.494 e. The molecule has 1 unspecified atom stereocenters. The number of ether oxygens (including phenoxy) is 1. The van der Waals surface area contributed by atoms with Gasteiger partial charge in [-0.1, -0.05) is 6.07 Å².